The fraction of sp³-hybridized carbons (Fsp3) is 0.471. The van der Waals surface area contributed by atoms with Crippen molar-refractivity contribution >= 4 is 16.6 Å². The van der Waals surface area contributed by atoms with Crippen molar-refractivity contribution < 1.29 is 0 Å². The summed E-state index contributed by atoms with van der Waals surface area (Å²) in [5.41, 5.74) is 2.24. The second-order valence-electron chi connectivity index (χ2n) is 5.70. The molecule has 1 N–H and O–H groups in total. The normalized spacial score (nSPS) is 23.4. The Morgan fingerprint density at radius 1 is 1.26 bits per heavy atom. The van der Waals surface area contributed by atoms with Gasteiger partial charge in [0.05, 0.1) is 17.4 Å². The van der Waals surface area contributed by atoms with Gasteiger partial charge in [-0.2, -0.15) is 0 Å². The van der Waals surface area contributed by atoms with Crippen LogP contribution in [0.15, 0.2) is 36.5 Å². The predicted octanol–water partition coefficient (Wildman–Crippen LogP) is 4.62. The van der Waals surface area contributed by atoms with E-state index in [0.717, 1.165) is 11.4 Å². The maximum atomic E-state index is 4.52. The molecule has 1 aromatic carbocycles. The molecule has 1 aromatic heterocycles. The lowest BCUT2D eigenvalue weighted by Gasteiger charge is -2.29. The molecule has 2 atom stereocenters. The number of hydrogen-bond acceptors (Lipinski definition) is 2. The molecule has 2 nitrogen and oxygen atoms in total. The average molecular weight is 254 g/mol. The Morgan fingerprint density at radius 3 is 3.05 bits per heavy atom. The number of hydrogen-bond donors (Lipinski definition) is 1. The van der Waals surface area contributed by atoms with E-state index in [4.69, 9.17) is 0 Å². The van der Waals surface area contributed by atoms with Gasteiger partial charge in [0.1, 0.15) is 0 Å². The van der Waals surface area contributed by atoms with Gasteiger partial charge in [-0.25, -0.2) is 0 Å². The van der Waals surface area contributed by atoms with Crippen molar-refractivity contribution in [2.45, 2.75) is 45.1 Å². The van der Waals surface area contributed by atoms with E-state index in [-0.39, 0.29) is 0 Å². The molecule has 0 bridgehead atoms. The largest absolute Gasteiger partial charge is 0.381 e. The number of pyridine rings is 1. The Morgan fingerprint density at radius 2 is 2.16 bits per heavy atom. The van der Waals surface area contributed by atoms with Crippen LogP contribution in [0.2, 0.25) is 0 Å². The molecule has 19 heavy (non-hydrogen) atoms. The summed E-state index contributed by atoms with van der Waals surface area (Å²) >= 11 is 0. The van der Waals surface area contributed by atoms with Crippen LogP contribution < -0.4 is 5.32 Å². The van der Waals surface area contributed by atoms with Crippen LogP contribution in [-0.4, -0.2) is 11.0 Å². The minimum atomic E-state index is 0.627. The number of benzene rings is 1. The van der Waals surface area contributed by atoms with Crippen LogP contribution >= 0.6 is 0 Å². The molecule has 1 aliphatic carbocycles. The second-order valence-corrected chi connectivity index (χ2v) is 5.70. The Balaban J connectivity index is 1.74. The molecular weight excluding hydrogens is 232 g/mol. The highest BCUT2D eigenvalue weighted by atomic mass is 14.9. The molecule has 2 aromatic rings. The summed E-state index contributed by atoms with van der Waals surface area (Å²) in [5, 5.41) is 4.89. The van der Waals surface area contributed by atoms with Crippen LogP contribution in [-0.2, 0) is 0 Å². The third-order valence-corrected chi connectivity index (χ3v) is 4.32. The Labute approximate surface area is 115 Å². The standard InChI is InChI=1S/C17H22N2/c1-2-13-6-5-8-15(10-13)19-16-11-14-7-3-4-9-17(14)18-12-16/h3-4,7,9,11-13,15,19H,2,5-6,8,10H2,1H3. The van der Waals surface area contributed by atoms with E-state index in [9.17, 15) is 0 Å². The number of nitrogens with one attached hydrogen (secondary N) is 1. The number of fused-ring (bicyclic) bond motifs is 1. The fourth-order valence-corrected chi connectivity index (χ4v) is 3.18. The van der Waals surface area contributed by atoms with Crippen molar-refractivity contribution in [2.24, 2.45) is 5.92 Å². The van der Waals surface area contributed by atoms with Crippen LogP contribution in [0.1, 0.15) is 39.0 Å². The van der Waals surface area contributed by atoms with Crippen molar-refractivity contribution in [3.8, 4) is 0 Å². The molecule has 2 heteroatoms. The minimum Gasteiger partial charge on any atom is -0.381 e. The SMILES string of the molecule is CCC1CCCC(Nc2cnc3ccccc3c2)C1. The van der Waals surface area contributed by atoms with Gasteiger partial charge < -0.3 is 5.32 Å². The summed E-state index contributed by atoms with van der Waals surface area (Å²) in [4.78, 5) is 4.52. The molecule has 0 spiro atoms. The van der Waals surface area contributed by atoms with Crippen LogP contribution in [0.5, 0.6) is 0 Å². The smallest absolute Gasteiger partial charge is 0.0703 e. The van der Waals surface area contributed by atoms with Crippen molar-refractivity contribution in [1.82, 2.24) is 4.98 Å². The summed E-state index contributed by atoms with van der Waals surface area (Å²) in [5.74, 6) is 0.902. The molecule has 0 saturated heterocycles. The van der Waals surface area contributed by atoms with Crippen molar-refractivity contribution in [1.29, 1.82) is 0 Å². The Bertz CT molecular complexity index is 550. The van der Waals surface area contributed by atoms with E-state index < -0.39 is 0 Å². The van der Waals surface area contributed by atoms with Gasteiger partial charge in [-0.15, -0.1) is 0 Å². The minimum absolute atomic E-state index is 0.627. The molecule has 0 aliphatic heterocycles. The number of para-hydroxylation sites is 1. The first-order chi connectivity index (χ1) is 9.35. The summed E-state index contributed by atoms with van der Waals surface area (Å²) in [7, 11) is 0. The maximum Gasteiger partial charge on any atom is 0.0703 e. The lowest BCUT2D eigenvalue weighted by atomic mass is 9.84. The van der Waals surface area contributed by atoms with Gasteiger partial charge in [0.15, 0.2) is 0 Å². The highest BCUT2D eigenvalue weighted by Crippen LogP contribution is 2.29. The number of anilines is 1. The summed E-state index contributed by atoms with van der Waals surface area (Å²) in [6.07, 6.45) is 8.65. The second kappa shape index (κ2) is 5.60. The molecule has 2 unspecified atom stereocenters. The Kier molecular flexibility index (Phi) is 3.67. The van der Waals surface area contributed by atoms with E-state index in [1.807, 2.05) is 12.3 Å². The predicted molar refractivity (Wildman–Crippen MR) is 81.4 cm³/mol. The number of aromatic nitrogens is 1. The van der Waals surface area contributed by atoms with Gasteiger partial charge in [-0.1, -0.05) is 44.4 Å². The number of nitrogens with zero attached hydrogens (tertiary/aromatic N) is 1. The third kappa shape index (κ3) is 2.89. The van der Waals surface area contributed by atoms with E-state index in [1.165, 1.54) is 43.2 Å². The molecule has 1 heterocycles. The third-order valence-electron chi connectivity index (χ3n) is 4.32. The van der Waals surface area contributed by atoms with E-state index in [2.05, 4.69) is 41.5 Å². The molecule has 100 valence electrons. The van der Waals surface area contributed by atoms with Crippen LogP contribution in [0.25, 0.3) is 10.9 Å². The van der Waals surface area contributed by atoms with Gasteiger partial charge >= 0.3 is 0 Å². The van der Waals surface area contributed by atoms with E-state index in [0.29, 0.717) is 6.04 Å². The molecule has 0 radical (unpaired) electrons. The van der Waals surface area contributed by atoms with Gasteiger partial charge in [-0.05, 0) is 30.9 Å². The van der Waals surface area contributed by atoms with Crippen LogP contribution in [0, 0.1) is 5.92 Å². The molecular formula is C17H22N2. The lowest BCUT2D eigenvalue weighted by molar-refractivity contribution is 0.327. The quantitative estimate of drug-likeness (QED) is 0.864. The van der Waals surface area contributed by atoms with E-state index >= 15 is 0 Å². The lowest BCUT2D eigenvalue weighted by Crippen LogP contribution is -2.27. The molecule has 1 aliphatic rings. The van der Waals surface area contributed by atoms with Crippen LogP contribution in [0.3, 0.4) is 0 Å². The zero-order chi connectivity index (χ0) is 13.1. The van der Waals surface area contributed by atoms with Gasteiger partial charge in [-0.3, -0.25) is 4.98 Å². The first-order valence-corrected chi connectivity index (χ1v) is 7.46. The molecule has 3 rings (SSSR count). The van der Waals surface area contributed by atoms with Crippen molar-refractivity contribution in [2.75, 3.05) is 5.32 Å². The highest BCUT2D eigenvalue weighted by molar-refractivity contribution is 5.81. The zero-order valence-corrected chi connectivity index (χ0v) is 11.6. The van der Waals surface area contributed by atoms with Crippen molar-refractivity contribution in [3.63, 3.8) is 0 Å². The molecule has 1 saturated carbocycles. The first-order valence-electron chi connectivity index (χ1n) is 7.46. The fourth-order valence-electron chi connectivity index (χ4n) is 3.18. The average Bonchev–Trinajstić information content (AvgIpc) is 2.47. The van der Waals surface area contributed by atoms with Gasteiger partial charge in [0, 0.05) is 11.4 Å². The topological polar surface area (TPSA) is 24.9 Å². The zero-order valence-electron chi connectivity index (χ0n) is 11.6. The number of rotatable bonds is 3. The first kappa shape index (κ1) is 12.5. The summed E-state index contributed by atoms with van der Waals surface area (Å²) in [6, 6.07) is 11.1. The summed E-state index contributed by atoms with van der Waals surface area (Å²) < 4.78 is 0. The van der Waals surface area contributed by atoms with Gasteiger partial charge in [0.25, 0.3) is 0 Å². The van der Waals surface area contributed by atoms with E-state index in [1.54, 1.807) is 0 Å². The maximum absolute atomic E-state index is 4.52. The van der Waals surface area contributed by atoms with Crippen LogP contribution in [0.4, 0.5) is 5.69 Å². The molecule has 0 amide bonds. The van der Waals surface area contributed by atoms with Crippen molar-refractivity contribution in [3.05, 3.63) is 36.5 Å². The van der Waals surface area contributed by atoms with Gasteiger partial charge in [0.2, 0.25) is 0 Å². The molecule has 1 fully saturated rings. The summed E-state index contributed by atoms with van der Waals surface area (Å²) in [6.45, 7) is 2.31. The Hall–Kier alpha value is -1.57. The monoisotopic (exact) mass is 254 g/mol. The highest BCUT2D eigenvalue weighted by Gasteiger charge is 2.20.